The summed E-state index contributed by atoms with van der Waals surface area (Å²) in [6.45, 7) is -1.63. The summed E-state index contributed by atoms with van der Waals surface area (Å²) in [6, 6.07) is -0.0446. The van der Waals surface area contributed by atoms with Gasteiger partial charge in [-0.3, -0.25) is 10.1 Å². The van der Waals surface area contributed by atoms with Gasteiger partial charge in [-0.25, -0.2) is 8.78 Å². The molecule has 0 aromatic heterocycles. The van der Waals surface area contributed by atoms with E-state index < -0.39 is 41.9 Å². The lowest BCUT2D eigenvalue weighted by Gasteiger charge is -2.16. The molecule has 8 heteroatoms. The Bertz CT molecular complexity index is 446. The molecule has 2 N–H and O–H groups in total. The van der Waals surface area contributed by atoms with E-state index in [0.717, 1.165) is 6.07 Å². The Labute approximate surface area is 98.2 Å². The van der Waals surface area contributed by atoms with E-state index in [1.54, 1.807) is 5.32 Å². The minimum absolute atomic E-state index is 0.539. The molecule has 0 saturated carbocycles. The highest BCUT2D eigenvalue weighted by Crippen LogP contribution is 2.21. The molecule has 0 saturated heterocycles. The van der Waals surface area contributed by atoms with E-state index in [2.05, 4.69) is 0 Å². The lowest BCUT2D eigenvalue weighted by Crippen LogP contribution is -2.36. The number of benzene rings is 1. The lowest BCUT2D eigenvalue weighted by atomic mass is 10.1. The van der Waals surface area contributed by atoms with E-state index in [4.69, 9.17) is 5.11 Å². The van der Waals surface area contributed by atoms with Crippen LogP contribution in [0.1, 0.15) is 11.6 Å². The fraction of sp³-hybridized carbons (Fsp3) is 0.300. The van der Waals surface area contributed by atoms with Gasteiger partial charge in [-0.15, -0.1) is 0 Å². The van der Waals surface area contributed by atoms with Crippen molar-refractivity contribution in [2.24, 2.45) is 0 Å². The van der Waals surface area contributed by atoms with E-state index >= 15 is 0 Å². The Kier molecular flexibility index (Phi) is 4.23. The zero-order valence-corrected chi connectivity index (χ0v) is 8.76. The topological polar surface area (TPSA) is 49.3 Å². The van der Waals surface area contributed by atoms with Crippen molar-refractivity contribution >= 4 is 5.97 Å². The van der Waals surface area contributed by atoms with Crippen molar-refractivity contribution in [1.29, 1.82) is 0 Å². The van der Waals surface area contributed by atoms with Crippen molar-refractivity contribution in [2.75, 3.05) is 6.54 Å². The maximum Gasteiger partial charge on any atom is 0.401 e. The molecular weight excluding hydrogens is 261 g/mol. The van der Waals surface area contributed by atoms with Gasteiger partial charge in [-0.05, 0) is 18.2 Å². The summed E-state index contributed by atoms with van der Waals surface area (Å²) in [7, 11) is 0. The lowest BCUT2D eigenvalue weighted by molar-refractivity contribution is -0.143. The second-order valence-corrected chi connectivity index (χ2v) is 3.43. The largest absolute Gasteiger partial charge is 0.480 e. The predicted molar refractivity (Wildman–Crippen MR) is 50.8 cm³/mol. The Balaban J connectivity index is 2.98. The second kappa shape index (κ2) is 5.30. The molecule has 0 heterocycles. The number of rotatable bonds is 4. The molecular formula is C10H8F5NO2. The molecule has 3 nitrogen and oxygen atoms in total. The summed E-state index contributed by atoms with van der Waals surface area (Å²) >= 11 is 0. The highest BCUT2D eigenvalue weighted by atomic mass is 19.4. The van der Waals surface area contributed by atoms with Gasteiger partial charge in [-0.2, -0.15) is 13.2 Å². The number of nitrogens with one attached hydrogen (secondary N) is 1. The summed E-state index contributed by atoms with van der Waals surface area (Å²) in [4.78, 5) is 10.8. The summed E-state index contributed by atoms with van der Waals surface area (Å²) in [5.74, 6) is -3.77. The van der Waals surface area contributed by atoms with Gasteiger partial charge >= 0.3 is 12.1 Å². The molecule has 0 fully saturated rings. The third-order valence-corrected chi connectivity index (χ3v) is 2.02. The molecule has 0 aliphatic carbocycles. The van der Waals surface area contributed by atoms with E-state index in [1.165, 1.54) is 0 Å². The zero-order chi connectivity index (χ0) is 13.9. The van der Waals surface area contributed by atoms with Crippen LogP contribution in [0.5, 0.6) is 0 Å². The minimum atomic E-state index is -4.66. The number of aliphatic carboxylic acids is 1. The molecule has 1 aromatic carbocycles. The van der Waals surface area contributed by atoms with E-state index in [1.807, 2.05) is 0 Å². The number of carbonyl (C=O) groups is 1. The van der Waals surface area contributed by atoms with Crippen LogP contribution in [0.3, 0.4) is 0 Å². The zero-order valence-electron chi connectivity index (χ0n) is 8.76. The van der Waals surface area contributed by atoms with Gasteiger partial charge in [0.25, 0.3) is 0 Å². The van der Waals surface area contributed by atoms with Crippen LogP contribution >= 0.6 is 0 Å². The number of alkyl halides is 3. The van der Waals surface area contributed by atoms with Crippen molar-refractivity contribution in [3.05, 3.63) is 35.4 Å². The molecule has 0 aliphatic heterocycles. The number of carboxylic acids is 1. The summed E-state index contributed by atoms with van der Waals surface area (Å²) < 4.78 is 61.9. The molecule has 0 radical (unpaired) electrons. The van der Waals surface area contributed by atoms with Crippen LogP contribution in [0.4, 0.5) is 22.0 Å². The minimum Gasteiger partial charge on any atom is -0.480 e. The quantitative estimate of drug-likeness (QED) is 0.824. The highest BCUT2D eigenvalue weighted by molar-refractivity contribution is 5.75. The van der Waals surface area contributed by atoms with Crippen LogP contribution in [0.2, 0.25) is 0 Å². The van der Waals surface area contributed by atoms with Gasteiger partial charge in [0.2, 0.25) is 0 Å². The smallest absolute Gasteiger partial charge is 0.401 e. The molecule has 0 spiro atoms. The number of carboxylic acid groups (broad SMARTS) is 1. The third kappa shape index (κ3) is 3.95. The molecule has 18 heavy (non-hydrogen) atoms. The maximum absolute atomic E-state index is 13.2. The molecule has 1 aromatic rings. The van der Waals surface area contributed by atoms with Gasteiger partial charge in [0, 0.05) is 5.56 Å². The molecule has 0 aliphatic rings. The van der Waals surface area contributed by atoms with Crippen LogP contribution in [0, 0.1) is 11.6 Å². The summed E-state index contributed by atoms with van der Waals surface area (Å²) in [5.41, 5.74) is -0.688. The average molecular weight is 269 g/mol. The Hall–Kier alpha value is -1.70. The van der Waals surface area contributed by atoms with Crippen molar-refractivity contribution in [3.63, 3.8) is 0 Å². The van der Waals surface area contributed by atoms with E-state index in [9.17, 15) is 26.7 Å². The fourth-order valence-electron chi connectivity index (χ4n) is 1.28. The first-order valence-corrected chi connectivity index (χ1v) is 4.68. The summed E-state index contributed by atoms with van der Waals surface area (Å²) in [6.07, 6.45) is -4.66. The van der Waals surface area contributed by atoms with Gasteiger partial charge in [0.1, 0.15) is 17.7 Å². The van der Waals surface area contributed by atoms with Gasteiger partial charge in [0.15, 0.2) is 0 Å². The predicted octanol–water partition coefficient (Wildman–Crippen LogP) is 2.24. The second-order valence-electron chi connectivity index (χ2n) is 3.43. The number of halogens is 5. The first-order valence-electron chi connectivity index (χ1n) is 4.68. The Morgan fingerprint density at radius 3 is 2.44 bits per heavy atom. The van der Waals surface area contributed by atoms with Crippen molar-refractivity contribution < 1.29 is 31.9 Å². The normalized spacial score (nSPS) is 13.4. The highest BCUT2D eigenvalue weighted by Gasteiger charge is 2.31. The molecule has 1 atom stereocenters. The molecule has 1 rings (SSSR count). The average Bonchev–Trinajstić information content (AvgIpc) is 2.21. The van der Waals surface area contributed by atoms with Crippen LogP contribution in [0.25, 0.3) is 0 Å². The standard InChI is InChI=1S/C10H8F5NO2/c11-5-1-2-7(12)6(3-5)8(9(17)18)16-4-10(13,14)15/h1-3,8,16H,4H2,(H,17,18). The van der Waals surface area contributed by atoms with Crippen molar-refractivity contribution in [3.8, 4) is 0 Å². The number of hydrogen-bond donors (Lipinski definition) is 2. The SMILES string of the molecule is O=C(O)C(NCC(F)(F)F)c1cc(F)ccc1F. The molecule has 0 bridgehead atoms. The van der Waals surface area contributed by atoms with Crippen molar-refractivity contribution in [1.82, 2.24) is 5.32 Å². The molecule has 100 valence electrons. The first-order chi connectivity index (χ1) is 8.20. The monoisotopic (exact) mass is 269 g/mol. The van der Waals surface area contributed by atoms with Crippen molar-refractivity contribution in [2.45, 2.75) is 12.2 Å². The first kappa shape index (κ1) is 14.4. The van der Waals surface area contributed by atoms with Crippen LogP contribution in [-0.2, 0) is 4.79 Å². The van der Waals surface area contributed by atoms with E-state index in [-0.39, 0.29) is 0 Å². The van der Waals surface area contributed by atoms with Crippen LogP contribution < -0.4 is 5.32 Å². The summed E-state index contributed by atoms with van der Waals surface area (Å²) in [5, 5.41) is 10.3. The third-order valence-electron chi connectivity index (χ3n) is 2.02. The van der Waals surface area contributed by atoms with Gasteiger partial charge in [0.05, 0.1) is 6.54 Å². The van der Waals surface area contributed by atoms with Gasteiger partial charge in [-0.1, -0.05) is 0 Å². The van der Waals surface area contributed by atoms with Crippen LogP contribution in [0.15, 0.2) is 18.2 Å². The molecule has 1 unspecified atom stereocenters. The number of hydrogen-bond acceptors (Lipinski definition) is 2. The molecule has 0 amide bonds. The maximum atomic E-state index is 13.2. The van der Waals surface area contributed by atoms with Crippen LogP contribution in [-0.4, -0.2) is 23.8 Å². The van der Waals surface area contributed by atoms with E-state index in [0.29, 0.717) is 12.1 Å². The fourth-order valence-corrected chi connectivity index (χ4v) is 1.28. The van der Waals surface area contributed by atoms with Gasteiger partial charge < -0.3 is 5.11 Å². The Morgan fingerprint density at radius 1 is 1.33 bits per heavy atom. The Morgan fingerprint density at radius 2 is 1.94 bits per heavy atom.